The topological polar surface area (TPSA) is 35.6 Å². The Morgan fingerprint density at radius 1 is 1.12 bits per heavy atom. The predicted octanol–water partition coefficient (Wildman–Crippen LogP) is 3.16. The molecule has 3 aliphatic rings. The van der Waals surface area contributed by atoms with Crippen LogP contribution in [0, 0.1) is 5.92 Å². The minimum atomic E-state index is 0. The standard InChI is InChI=1S/C18H27N3OS.2ClH/c22-18(12-14-10-15-3-4-16(11-14)19-15)21-7-5-20(6-8-21)13-17-2-1-9-23-17;;/h1-2,9,14-16,19H,3-8,10-13H2;2*1H. The molecule has 3 saturated heterocycles. The van der Waals surface area contributed by atoms with E-state index in [2.05, 4.69) is 32.6 Å². The second-order valence-corrected chi connectivity index (χ2v) is 8.45. The Labute approximate surface area is 167 Å². The summed E-state index contributed by atoms with van der Waals surface area (Å²) in [5.41, 5.74) is 0. The predicted molar refractivity (Wildman–Crippen MR) is 108 cm³/mol. The first-order valence-electron chi connectivity index (χ1n) is 9.05. The lowest BCUT2D eigenvalue weighted by Gasteiger charge is -2.36. The number of piperidine rings is 1. The van der Waals surface area contributed by atoms with E-state index in [0.29, 0.717) is 23.9 Å². The lowest BCUT2D eigenvalue weighted by atomic mass is 9.89. The van der Waals surface area contributed by atoms with Crippen LogP contribution >= 0.6 is 36.2 Å². The van der Waals surface area contributed by atoms with Crippen LogP contribution in [-0.2, 0) is 11.3 Å². The number of fused-ring (bicyclic) bond motifs is 2. The Morgan fingerprint density at radius 3 is 2.40 bits per heavy atom. The first-order chi connectivity index (χ1) is 11.3. The Bertz CT molecular complexity index is 522. The zero-order chi connectivity index (χ0) is 15.6. The van der Waals surface area contributed by atoms with Gasteiger partial charge in [-0.1, -0.05) is 6.07 Å². The van der Waals surface area contributed by atoms with E-state index < -0.39 is 0 Å². The van der Waals surface area contributed by atoms with Gasteiger partial charge in [0.1, 0.15) is 0 Å². The first kappa shape index (κ1) is 21.0. The lowest BCUT2D eigenvalue weighted by molar-refractivity contribution is -0.134. The molecule has 1 aromatic rings. The SMILES string of the molecule is Cl.Cl.O=C(CC1CC2CCC(C1)N2)N1CCN(Cc2cccs2)CC1. The van der Waals surface area contributed by atoms with Gasteiger partial charge in [-0.3, -0.25) is 9.69 Å². The first-order valence-corrected chi connectivity index (χ1v) is 9.93. The second-order valence-electron chi connectivity index (χ2n) is 7.42. The summed E-state index contributed by atoms with van der Waals surface area (Å²) in [5, 5.41) is 5.81. The summed E-state index contributed by atoms with van der Waals surface area (Å²) in [5.74, 6) is 1.01. The number of carbonyl (C=O) groups is 1. The second kappa shape index (κ2) is 9.56. The summed E-state index contributed by atoms with van der Waals surface area (Å²) in [6, 6.07) is 5.70. The van der Waals surface area contributed by atoms with Crippen molar-refractivity contribution in [2.45, 2.75) is 50.7 Å². The highest BCUT2D eigenvalue weighted by atomic mass is 35.5. The van der Waals surface area contributed by atoms with Crippen LogP contribution in [0.4, 0.5) is 0 Å². The van der Waals surface area contributed by atoms with Gasteiger partial charge in [0.2, 0.25) is 5.91 Å². The van der Waals surface area contributed by atoms with Gasteiger partial charge in [0.25, 0.3) is 0 Å². The fourth-order valence-electron chi connectivity index (χ4n) is 4.50. The van der Waals surface area contributed by atoms with Gasteiger partial charge in [-0.2, -0.15) is 0 Å². The lowest BCUT2D eigenvalue weighted by Crippen LogP contribution is -2.49. The Kier molecular flexibility index (Phi) is 8.02. The smallest absolute Gasteiger partial charge is 0.222 e. The molecule has 0 aliphatic carbocycles. The van der Waals surface area contributed by atoms with Crippen molar-refractivity contribution in [1.29, 1.82) is 0 Å². The zero-order valence-electron chi connectivity index (χ0n) is 14.6. The maximum Gasteiger partial charge on any atom is 0.222 e. The van der Waals surface area contributed by atoms with Gasteiger partial charge >= 0.3 is 0 Å². The molecule has 2 atom stereocenters. The average Bonchev–Trinajstić information content (AvgIpc) is 3.18. The molecule has 4 heterocycles. The molecule has 25 heavy (non-hydrogen) atoms. The monoisotopic (exact) mass is 405 g/mol. The summed E-state index contributed by atoms with van der Waals surface area (Å²) >= 11 is 1.83. The van der Waals surface area contributed by atoms with Crippen LogP contribution in [0.3, 0.4) is 0 Å². The highest BCUT2D eigenvalue weighted by Gasteiger charge is 2.35. The average molecular weight is 406 g/mol. The molecule has 142 valence electrons. The van der Waals surface area contributed by atoms with Crippen LogP contribution < -0.4 is 5.32 Å². The highest BCUT2D eigenvalue weighted by molar-refractivity contribution is 7.09. The van der Waals surface area contributed by atoms with Crippen molar-refractivity contribution < 1.29 is 4.79 Å². The van der Waals surface area contributed by atoms with Crippen molar-refractivity contribution in [3.63, 3.8) is 0 Å². The summed E-state index contributed by atoms with van der Waals surface area (Å²) < 4.78 is 0. The van der Waals surface area contributed by atoms with Gasteiger partial charge in [-0.15, -0.1) is 36.2 Å². The van der Waals surface area contributed by atoms with Gasteiger partial charge in [-0.25, -0.2) is 0 Å². The number of halogens is 2. The molecular formula is C18H29Cl2N3OS. The third-order valence-corrected chi connectivity index (χ3v) is 6.58. The molecule has 1 amide bonds. The van der Waals surface area contributed by atoms with Crippen molar-refractivity contribution in [1.82, 2.24) is 15.1 Å². The molecule has 0 radical (unpaired) electrons. The number of rotatable bonds is 4. The third-order valence-electron chi connectivity index (χ3n) is 5.72. The number of hydrogen-bond acceptors (Lipinski definition) is 4. The van der Waals surface area contributed by atoms with Crippen LogP contribution in [-0.4, -0.2) is 54.0 Å². The van der Waals surface area contributed by atoms with E-state index in [1.807, 2.05) is 11.3 Å². The number of hydrogen-bond donors (Lipinski definition) is 1. The number of piperazine rings is 1. The molecule has 4 rings (SSSR count). The molecule has 0 spiro atoms. The van der Waals surface area contributed by atoms with Gasteiger partial charge in [-0.05, 0) is 43.0 Å². The van der Waals surface area contributed by atoms with E-state index in [1.165, 1.54) is 30.6 Å². The molecule has 0 aromatic carbocycles. The summed E-state index contributed by atoms with van der Waals surface area (Å²) in [6.07, 6.45) is 5.83. The van der Waals surface area contributed by atoms with Crippen LogP contribution in [0.15, 0.2) is 17.5 Å². The number of thiophene rings is 1. The Balaban J connectivity index is 0.00000113. The van der Waals surface area contributed by atoms with Crippen LogP contribution in [0.25, 0.3) is 0 Å². The quantitative estimate of drug-likeness (QED) is 0.835. The highest BCUT2D eigenvalue weighted by Crippen LogP contribution is 2.33. The maximum atomic E-state index is 12.6. The van der Waals surface area contributed by atoms with E-state index in [1.54, 1.807) is 0 Å². The summed E-state index contributed by atoms with van der Waals surface area (Å²) in [6.45, 7) is 4.88. The van der Waals surface area contributed by atoms with Crippen molar-refractivity contribution in [2.24, 2.45) is 5.92 Å². The third kappa shape index (κ3) is 5.33. The zero-order valence-corrected chi connectivity index (χ0v) is 17.0. The number of nitrogens with one attached hydrogen (secondary N) is 1. The maximum absolute atomic E-state index is 12.6. The van der Waals surface area contributed by atoms with Crippen LogP contribution in [0.5, 0.6) is 0 Å². The van der Waals surface area contributed by atoms with Gasteiger partial charge in [0, 0.05) is 56.1 Å². The molecule has 7 heteroatoms. The molecule has 2 unspecified atom stereocenters. The number of nitrogens with zero attached hydrogens (tertiary/aromatic N) is 2. The van der Waals surface area contributed by atoms with E-state index in [-0.39, 0.29) is 24.8 Å². The molecule has 1 aromatic heterocycles. The van der Waals surface area contributed by atoms with Gasteiger partial charge in [0.05, 0.1) is 0 Å². The van der Waals surface area contributed by atoms with Gasteiger partial charge < -0.3 is 10.2 Å². The number of amides is 1. The number of carbonyl (C=O) groups excluding carboxylic acids is 1. The minimum Gasteiger partial charge on any atom is -0.340 e. The largest absolute Gasteiger partial charge is 0.340 e. The molecular weight excluding hydrogens is 377 g/mol. The van der Waals surface area contributed by atoms with E-state index in [9.17, 15) is 4.79 Å². The summed E-state index contributed by atoms with van der Waals surface area (Å²) in [7, 11) is 0. The van der Waals surface area contributed by atoms with Crippen LogP contribution in [0.2, 0.25) is 0 Å². The fourth-order valence-corrected chi connectivity index (χ4v) is 5.24. The van der Waals surface area contributed by atoms with E-state index in [0.717, 1.165) is 39.1 Å². The van der Waals surface area contributed by atoms with E-state index >= 15 is 0 Å². The van der Waals surface area contributed by atoms with Crippen molar-refractivity contribution in [3.8, 4) is 0 Å². The molecule has 3 aliphatic heterocycles. The van der Waals surface area contributed by atoms with E-state index in [4.69, 9.17) is 0 Å². The Hall–Kier alpha value is -0.330. The molecule has 0 saturated carbocycles. The fraction of sp³-hybridized carbons (Fsp3) is 0.722. The van der Waals surface area contributed by atoms with Crippen molar-refractivity contribution in [3.05, 3.63) is 22.4 Å². The van der Waals surface area contributed by atoms with Crippen molar-refractivity contribution >= 4 is 42.1 Å². The molecule has 3 fully saturated rings. The van der Waals surface area contributed by atoms with Gasteiger partial charge in [0.15, 0.2) is 0 Å². The van der Waals surface area contributed by atoms with Crippen LogP contribution in [0.1, 0.15) is 37.0 Å². The normalized spacial score (nSPS) is 29.0. The van der Waals surface area contributed by atoms with Crippen molar-refractivity contribution in [2.75, 3.05) is 26.2 Å². The minimum absolute atomic E-state index is 0. The molecule has 2 bridgehead atoms. The molecule has 4 nitrogen and oxygen atoms in total. The molecule has 1 N–H and O–H groups in total. The summed E-state index contributed by atoms with van der Waals surface area (Å²) in [4.78, 5) is 18.6. The Morgan fingerprint density at radius 2 is 1.80 bits per heavy atom.